The highest BCUT2D eigenvalue weighted by Gasteiger charge is 2.24. The van der Waals surface area contributed by atoms with Gasteiger partial charge >= 0.3 is 12.0 Å². The van der Waals surface area contributed by atoms with Crippen molar-refractivity contribution in [2.45, 2.75) is 57.5 Å². The minimum atomic E-state index is -1.28. The highest BCUT2D eigenvalue weighted by atomic mass is 16.4. The summed E-state index contributed by atoms with van der Waals surface area (Å²) in [6.07, 6.45) is 4.63. The van der Waals surface area contributed by atoms with E-state index in [1.54, 1.807) is 0 Å². The third kappa shape index (κ3) is 5.90. The van der Waals surface area contributed by atoms with Gasteiger partial charge in [0.25, 0.3) is 0 Å². The third-order valence-corrected chi connectivity index (χ3v) is 3.60. The number of aliphatic carboxylic acids is 1. The summed E-state index contributed by atoms with van der Waals surface area (Å²) in [5, 5.41) is 14.0. The van der Waals surface area contributed by atoms with Crippen LogP contribution in [-0.4, -0.2) is 35.1 Å². The van der Waals surface area contributed by atoms with Gasteiger partial charge in [-0.3, -0.25) is 4.79 Å². The van der Waals surface area contributed by atoms with Gasteiger partial charge in [0.15, 0.2) is 0 Å². The number of primary amides is 1. The van der Waals surface area contributed by atoms with Gasteiger partial charge in [0.05, 0.1) is 6.42 Å². The van der Waals surface area contributed by atoms with Gasteiger partial charge in [-0.15, -0.1) is 0 Å². The van der Waals surface area contributed by atoms with Gasteiger partial charge in [0.2, 0.25) is 5.91 Å². The first kappa shape index (κ1) is 16.3. The van der Waals surface area contributed by atoms with Crippen LogP contribution in [0.15, 0.2) is 0 Å². The van der Waals surface area contributed by atoms with E-state index in [-0.39, 0.29) is 6.04 Å². The maximum Gasteiger partial charge on any atom is 0.326 e. The van der Waals surface area contributed by atoms with E-state index in [1.807, 2.05) is 0 Å². The van der Waals surface area contributed by atoms with Crippen LogP contribution in [-0.2, 0) is 9.59 Å². The van der Waals surface area contributed by atoms with Crippen LogP contribution in [0.4, 0.5) is 4.79 Å². The van der Waals surface area contributed by atoms with Crippen LogP contribution in [0, 0.1) is 5.92 Å². The molecule has 2 unspecified atom stereocenters. The Morgan fingerprint density at radius 1 is 1.25 bits per heavy atom. The van der Waals surface area contributed by atoms with Crippen molar-refractivity contribution in [2.75, 3.05) is 0 Å². The molecule has 1 rings (SSSR count). The van der Waals surface area contributed by atoms with Crippen LogP contribution in [0.2, 0.25) is 0 Å². The van der Waals surface area contributed by atoms with Crippen LogP contribution < -0.4 is 16.4 Å². The topological polar surface area (TPSA) is 122 Å². The molecule has 7 heteroatoms. The maximum atomic E-state index is 11.8. The molecule has 3 atom stereocenters. The van der Waals surface area contributed by atoms with E-state index in [0.29, 0.717) is 5.92 Å². The molecule has 1 aliphatic rings. The van der Waals surface area contributed by atoms with Crippen molar-refractivity contribution in [3.05, 3.63) is 0 Å². The molecule has 20 heavy (non-hydrogen) atoms. The van der Waals surface area contributed by atoms with Gasteiger partial charge in [-0.2, -0.15) is 0 Å². The molecule has 0 saturated heterocycles. The summed E-state index contributed by atoms with van der Waals surface area (Å²) in [5.41, 5.74) is 4.95. The molecule has 0 bridgehead atoms. The zero-order valence-corrected chi connectivity index (χ0v) is 11.7. The Bertz CT molecular complexity index is 373. The number of carboxylic acid groups (broad SMARTS) is 1. The van der Waals surface area contributed by atoms with Gasteiger partial charge in [-0.05, 0) is 25.2 Å². The van der Waals surface area contributed by atoms with E-state index in [9.17, 15) is 14.4 Å². The summed E-state index contributed by atoms with van der Waals surface area (Å²) >= 11 is 0. The van der Waals surface area contributed by atoms with Crippen molar-refractivity contribution < 1.29 is 19.5 Å². The summed E-state index contributed by atoms with van der Waals surface area (Å²) in [6, 6.07) is -1.78. The van der Waals surface area contributed by atoms with Crippen molar-refractivity contribution in [3.63, 3.8) is 0 Å². The van der Waals surface area contributed by atoms with Crippen LogP contribution in [0.5, 0.6) is 0 Å². The first-order chi connectivity index (χ1) is 9.38. The smallest absolute Gasteiger partial charge is 0.326 e. The van der Waals surface area contributed by atoms with Crippen molar-refractivity contribution in [3.8, 4) is 0 Å². The summed E-state index contributed by atoms with van der Waals surface area (Å²) < 4.78 is 0. The molecular weight excluding hydrogens is 262 g/mol. The van der Waals surface area contributed by atoms with E-state index in [4.69, 9.17) is 10.8 Å². The van der Waals surface area contributed by atoms with Crippen molar-refractivity contribution >= 4 is 17.9 Å². The summed E-state index contributed by atoms with van der Waals surface area (Å²) in [5.74, 6) is -1.37. The molecule has 114 valence electrons. The molecule has 0 radical (unpaired) electrons. The summed E-state index contributed by atoms with van der Waals surface area (Å²) in [6.45, 7) is 2.19. The van der Waals surface area contributed by atoms with E-state index >= 15 is 0 Å². The fraction of sp³-hybridized carbons (Fsp3) is 0.769. The number of carboxylic acids is 1. The number of rotatable bonds is 5. The maximum absolute atomic E-state index is 11.8. The number of carbonyl (C=O) groups excluding carboxylic acids is 2. The number of hydrogen-bond donors (Lipinski definition) is 4. The van der Waals surface area contributed by atoms with Crippen LogP contribution in [0.25, 0.3) is 0 Å². The fourth-order valence-electron chi connectivity index (χ4n) is 2.42. The molecule has 1 saturated carbocycles. The summed E-state index contributed by atoms with van der Waals surface area (Å²) in [7, 11) is 0. The minimum absolute atomic E-state index is 0.0583. The molecular formula is C13H23N3O4. The van der Waals surface area contributed by atoms with Crippen LogP contribution >= 0.6 is 0 Å². The van der Waals surface area contributed by atoms with E-state index in [0.717, 1.165) is 32.1 Å². The molecule has 0 aromatic rings. The molecule has 0 aliphatic heterocycles. The standard InChI is InChI=1S/C13H23N3O4/c1-8-3-2-4-9(6-5-8)15-13(20)16-10(12(18)19)7-11(14)17/h8-10H,2-7H2,1H3,(H2,14,17)(H,18,19)(H2,15,16,20)/t8?,9?,10-/m0/s1. The highest BCUT2D eigenvalue weighted by molar-refractivity contribution is 5.87. The SMILES string of the molecule is CC1CCCC(NC(=O)N[C@@H](CC(N)=O)C(=O)O)CC1. The lowest BCUT2D eigenvalue weighted by Gasteiger charge is -2.19. The van der Waals surface area contributed by atoms with Gasteiger partial charge < -0.3 is 21.5 Å². The zero-order chi connectivity index (χ0) is 15.1. The predicted molar refractivity (Wildman–Crippen MR) is 72.9 cm³/mol. The van der Waals surface area contributed by atoms with Crippen LogP contribution in [0.1, 0.15) is 45.4 Å². The monoisotopic (exact) mass is 285 g/mol. The molecule has 0 heterocycles. The van der Waals surface area contributed by atoms with Crippen molar-refractivity contribution in [1.82, 2.24) is 10.6 Å². The largest absolute Gasteiger partial charge is 0.480 e. The Hall–Kier alpha value is -1.79. The second-order valence-corrected chi connectivity index (χ2v) is 5.49. The Labute approximate surface area is 118 Å². The summed E-state index contributed by atoms with van der Waals surface area (Å²) in [4.78, 5) is 33.4. The van der Waals surface area contributed by atoms with Gasteiger partial charge in [0.1, 0.15) is 6.04 Å². The number of nitrogens with two attached hydrogens (primary N) is 1. The van der Waals surface area contributed by atoms with Crippen LogP contribution in [0.3, 0.4) is 0 Å². The minimum Gasteiger partial charge on any atom is -0.480 e. The number of urea groups is 1. The molecule has 3 amide bonds. The van der Waals surface area contributed by atoms with Gasteiger partial charge in [-0.1, -0.05) is 19.8 Å². The normalized spacial score (nSPS) is 24.2. The molecule has 1 fully saturated rings. The van der Waals surface area contributed by atoms with E-state index in [1.165, 1.54) is 0 Å². The third-order valence-electron chi connectivity index (χ3n) is 3.60. The number of carbonyl (C=O) groups is 3. The Kier molecular flexibility index (Phi) is 6.27. The second kappa shape index (κ2) is 7.72. The lowest BCUT2D eigenvalue weighted by Crippen LogP contribution is -2.50. The highest BCUT2D eigenvalue weighted by Crippen LogP contribution is 2.22. The molecule has 0 spiro atoms. The second-order valence-electron chi connectivity index (χ2n) is 5.49. The Balaban J connectivity index is 2.44. The first-order valence-corrected chi connectivity index (χ1v) is 6.96. The molecule has 0 aromatic carbocycles. The Morgan fingerprint density at radius 2 is 1.95 bits per heavy atom. The first-order valence-electron chi connectivity index (χ1n) is 6.96. The number of nitrogens with one attached hydrogen (secondary N) is 2. The predicted octanol–water partition coefficient (Wildman–Crippen LogP) is 0.583. The lowest BCUT2D eigenvalue weighted by atomic mass is 10.0. The average molecular weight is 285 g/mol. The fourth-order valence-corrected chi connectivity index (χ4v) is 2.42. The molecule has 5 N–H and O–H groups in total. The molecule has 0 aromatic heterocycles. The molecule has 7 nitrogen and oxygen atoms in total. The Morgan fingerprint density at radius 3 is 2.55 bits per heavy atom. The van der Waals surface area contributed by atoms with Crippen molar-refractivity contribution in [1.29, 1.82) is 0 Å². The van der Waals surface area contributed by atoms with Gasteiger partial charge in [0, 0.05) is 6.04 Å². The number of hydrogen-bond acceptors (Lipinski definition) is 3. The number of amides is 3. The van der Waals surface area contributed by atoms with E-state index in [2.05, 4.69) is 17.6 Å². The molecule has 1 aliphatic carbocycles. The van der Waals surface area contributed by atoms with E-state index < -0.39 is 30.4 Å². The quantitative estimate of drug-likeness (QED) is 0.552. The van der Waals surface area contributed by atoms with Crippen molar-refractivity contribution in [2.24, 2.45) is 11.7 Å². The zero-order valence-electron chi connectivity index (χ0n) is 11.7. The van der Waals surface area contributed by atoms with Gasteiger partial charge in [-0.25, -0.2) is 9.59 Å². The average Bonchev–Trinajstić information content (AvgIpc) is 2.53. The lowest BCUT2D eigenvalue weighted by molar-refractivity contribution is -0.140.